The number of sulfonamides is 1. The van der Waals surface area contributed by atoms with Gasteiger partial charge in [-0.2, -0.15) is 0 Å². The summed E-state index contributed by atoms with van der Waals surface area (Å²) in [6.07, 6.45) is 0.480. The molecule has 0 bridgehead atoms. The largest absolute Gasteiger partial charge is 0.497 e. The Morgan fingerprint density at radius 2 is 1.79 bits per heavy atom. The van der Waals surface area contributed by atoms with E-state index in [1.165, 1.54) is 29.6 Å². The van der Waals surface area contributed by atoms with E-state index in [4.69, 9.17) is 25.8 Å². The molecule has 0 aromatic heterocycles. The highest BCUT2D eigenvalue weighted by Gasteiger charge is 2.40. The first-order chi connectivity index (χ1) is 18.3. The van der Waals surface area contributed by atoms with Crippen LogP contribution in [0.3, 0.4) is 0 Å². The summed E-state index contributed by atoms with van der Waals surface area (Å²) in [7, 11) is -2.52. The Kier molecular flexibility index (Phi) is 7.52. The van der Waals surface area contributed by atoms with E-state index in [9.17, 15) is 13.2 Å². The fourth-order valence-corrected chi connectivity index (χ4v) is 6.59. The third-order valence-corrected chi connectivity index (χ3v) is 9.20. The van der Waals surface area contributed by atoms with E-state index in [1.54, 1.807) is 24.3 Å². The Hall–Kier alpha value is -3.27. The van der Waals surface area contributed by atoms with E-state index in [1.807, 2.05) is 18.2 Å². The molecule has 200 valence electrons. The van der Waals surface area contributed by atoms with E-state index in [2.05, 4.69) is 17.4 Å². The Morgan fingerprint density at radius 3 is 2.47 bits per heavy atom. The highest BCUT2D eigenvalue weighted by molar-refractivity contribution is 7.92. The van der Waals surface area contributed by atoms with E-state index in [0.29, 0.717) is 30.5 Å². The van der Waals surface area contributed by atoms with E-state index in [-0.39, 0.29) is 34.2 Å². The maximum Gasteiger partial charge on any atom is 0.264 e. The van der Waals surface area contributed by atoms with Gasteiger partial charge >= 0.3 is 0 Å². The summed E-state index contributed by atoms with van der Waals surface area (Å²) in [5.41, 5.74) is 1.14. The second-order valence-electron chi connectivity index (χ2n) is 9.41. The van der Waals surface area contributed by atoms with E-state index in [0.717, 1.165) is 18.4 Å². The molecule has 0 aliphatic carbocycles. The summed E-state index contributed by atoms with van der Waals surface area (Å²) in [5, 5.41) is 3.40. The molecule has 2 heterocycles. The van der Waals surface area contributed by atoms with Crippen LogP contribution in [0.2, 0.25) is 5.02 Å². The smallest absolute Gasteiger partial charge is 0.264 e. The third kappa shape index (κ3) is 5.18. The van der Waals surface area contributed by atoms with Gasteiger partial charge in [-0.15, -0.1) is 0 Å². The molecule has 0 unspecified atom stereocenters. The fourth-order valence-electron chi connectivity index (χ4n) is 4.96. The van der Waals surface area contributed by atoms with Crippen molar-refractivity contribution >= 4 is 33.2 Å². The van der Waals surface area contributed by atoms with Gasteiger partial charge in [-0.25, -0.2) is 8.42 Å². The van der Waals surface area contributed by atoms with Crippen molar-refractivity contribution in [1.82, 2.24) is 5.32 Å². The van der Waals surface area contributed by atoms with Gasteiger partial charge in [0.15, 0.2) is 6.10 Å². The van der Waals surface area contributed by atoms with Crippen molar-refractivity contribution < 1.29 is 27.4 Å². The Bertz CT molecular complexity index is 1390. The first-order valence-corrected chi connectivity index (χ1v) is 14.2. The van der Waals surface area contributed by atoms with E-state index >= 15 is 0 Å². The molecule has 5 rings (SSSR count). The third-order valence-electron chi connectivity index (χ3n) is 7.17. The average molecular weight is 557 g/mol. The molecular formula is C28H29ClN2O6S. The number of ether oxygens (including phenoxy) is 3. The molecule has 8 nitrogen and oxygen atoms in total. The molecule has 3 aromatic carbocycles. The number of hydrogen-bond donors (Lipinski definition) is 1. The van der Waals surface area contributed by atoms with Gasteiger partial charge in [-0.05, 0) is 60.9 Å². The molecule has 2 aliphatic rings. The van der Waals surface area contributed by atoms with Gasteiger partial charge in [0.2, 0.25) is 0 Å². The van der Waals surface area contributed by atoms with Crippen molar-refractivity contribution in [2.75, 3.05) is 37.7 Å². The maximum atomic E-state index is 13.7. The minimum absolute atomic E-state index is 0.0653. The normalized spacial score (nSPS) is 18.7. The van der Waals surface area contributed by atoms with Crippen LogP contribution < -0.4 is 19.1 Å². The number of hydrogen-bond acceptors (Lipinski definition) is 6. The zero-order valence-corrected chi connectivity index (χ0v) is 22.5. The number of nitrogens with one attached hydrogen (secondary N) is 1. The highest BCUT2D eigenvalue weighted by atomic mass is 35.5. The first kappa shape index (κ1) is 26.3. The van der Waals surface area contributed by atoms with Gasteiger partial charge in [0, 0.05) is 30.2 Å². The van der Waals surface area contributed by atoms with E-state index < -0.39 is 16.1 Å². The average Bonchev–Trinajstić information content (AvgIpc) is 2.96. The summed E-state index contributed by atoms with van der Waals surface area (Å²) in [5.74, 6) is 0.413. The van der Waals surface area contributed by atoms with Crippen LogP contribution in [-0.2, 0) is 25.0 Å². The number of rotatable bonds is 7. The minimum Gasteiger partial charge on any atom is -0.497 e. The Labute approximate surface area is 227 Å². The number of halogens is 1. The van der Waals surface area contributed by atoms with Crippen molar-refractivity contribution in [3.8, 4) is 11.5 Å². The zero-order chi connectivity index (χ0) is 26.8. The van der Waals surface area contributed by atoms with Crippen molar-refractivity contribution in [2.45, 2.75) is 29.3 Å². The molecule has 1 saturated heterocycles. The monoisotopic (exact) mass is 556 g/mol. The number of carbonyl (C=O) groups excluding carboxylic acids is 1. The molecule has 0 radical (unpaired) electrons. The number of benzene rings is 3. The molecule has 1 atom stereocenters. The second kappa shape index (κ2) is 10.8. The standard InChI is InChI=1S/C28H29ClN2O6S/c1-35-22-8-10-23(11-9-22)38(33,34)31-18-26(37-25-12-7-21(29)17-24(25)31)27(32)30-19-28(13-15-36-16-14-28)20-5-3-2-4-6-20/h2-12,17,26H,13-16,18-19H2,1H3,(H,30,32)/t26-/m1/s1. The van der Waals surface area contributed by atoms with Crippen LogP contribution in [0.25, 0.3) is 0 Å². The molecule has 0 spiro atoms. The molecule has 3 aromatic rings. The minimum atomic E-state index is -4.03. The molecule has 38 heavy (non-hydrogen) atoms. The number of methoxy groups -OCH3 is 1. The number of fused-ring (bicyclic) bond motifs is 1. The van der Waals surface area contributed by atoms with Crippen molar-refractivity contribution in [2.24, 2.45) is 0 Å². The molecule has 2 aliphatic heterocycles. The lowest BCUT2D eigenvalue weighted by Crippen LogP contribution is -2.53. The summed E-state index contributed by atoms with van der Waals surface area (Å²) in [4.78, 5) is 13.5. The predicted octanol–water partition coefficient (Wildman–Crippen LogP) is 4.17. The van der Waals surface area contributed by atoms with Crippen LogP contribution in [0, 0.1) is 0 Å². The van der Waals surface area contributed by atoms with Gasteiger partial charge in [0.05, 0.1) is 24.2 Å². The van der Waals surface area contributed by atoms with Crippen LogP contribution in [0.4, 0.5) is 5.69 Å². The summed E-state index contributed by atoms with van der Waals surface area (Å²) in [6.45, 7) is 1.40. The fraction of sp³-hybridized carbons (Fsp3) is 0.321. The molecule has 1 N–H and O–H groups in total. The molecule has 10 heteroatoms. The van der Waals surface area contributed by atoms with Crippen LogP contribution in [-0.4, -0.2) is 53.8 Å². The molecular weight excluding hydrogens is 528 g/mol. The van der Waals surface area contributed by atoms with Crippen LogP contribution >= 0.6 is 11.6 Å². The summed E-state index contributed by atoms with van der Waals surface area (Å²) >= 11 is 6.20. The number of carbonyl (C=O) groups is 1. The number of amides is 1. The van der Waals surface area contributed by atoms with Crippen molar-refractivity contribution in [1.29, 1.82) is 0 Å². The SMILES string of the molecule is COc1ccc(S(=O)(=O)N2C[C@H](C(=O)NCC3(c4ccccc4)CCOCC3)Oc3ccc(Cl)cc32)cc1. The lowest BCUT2D eigenvalue weighted by molar-refractivity contribution is -0.128. The number of nitrogens with zero attached hydrogens (tertiary/aromatic N) is 1. The lowest BCUT2D eigenvalue weighted by atomic mass is 9.74. The van der Waals surface area contributed by atoms with Gasteiger partial charge in [-0.1, -0.05) is 41.9 Å². The van der Waals surface area contributed by atoms with Gasteiger partial charge < -0.3 is 19.5 Å². The Morgan fingerprint density at radius 1 is 1.08 bits per heavy atom. The molecule has 1 fully saturated rings. The van der Waals surface area contributed by atoms with Crippen molar-refractivity contribution in [3.63, 3.8) is 0 Å². The van der Waals surface area contributed by atoms with Crippen LogP contribution in [0.5, 0.6) is 11.5 Å². The molecule has 1 amide bonds. The highest BCUT2D eigenvalue weighted by Crippen LogP contribution is 2.39. The number of anilines is 1. The summed E-state index contributed by atoms with van der Waals surface area (Å²) < 4.78 is 45.4. The summed E-state index contributed by atoms with van der Waals surface area (Å²) in [6, 6.07) is 20.9. The second-order valence-corrected chi connectivity index (χ2v) is 11.7. The van der Waals surface area contributed by atoms with Gasteiger partial charge in [0.25, 0.3) is 15.9 Å². The van der Waals surface area contributed by atoms with Crippen LogP contribution in [0.1, 0.15) is 18.4 Å². The predicted molar refractivity (Wildman–Crippen MR) is 145 cm³/mol. The Balaban J connectivity index is 1.41. The first-order valence-electron chi connectivity index (χ1n) is 12.4. The van der Waals surface area contributed by atoms with Gasteiger partial charge in [0.1, 0.15) is 11.5 Å². The van der Waals surface area contributed by atoms with Gasteiger partial charge in [-0.3, -0.25) is 9.10 Å². The quantitative estimate of drug-likeness (QED) is 0.469. The van der Waals surface area contributed by atoms with Crippen molar-refractivity contribution in [3.05, 3.63) is 83.4 Å². The maximum absolute atomic E-state index is 13.7. The molecule has 0 saturated carbocycles. The lowest BCUT2D eigenvalue weighted by Gasteiger charge is -2.39. The van der Waals surface area contributed by atoms with Crippen LogP contribution in [0.15, 0.2) is 77.7 Å². The zero-order valence-electron chi connectivity index (χ0n) is 20.9. The topological polar surface area (TPSA) is 94.2 Å².